The summed E-state index contributed by atoms with van der Waals surface area (Å²) in [6, 6.07) is 8.18. The van der Waals surface area contributed by atoms with Gasteiger partial charge in [-0.25, -0.2) is 4.98 Å². The predicted octanol–water partition coefficient (Wildman–Crippen LogP) is 1.79. The Labute approximate surface area is 159 Å². The van der Waals surface area contributed by atoms with Crippen molar-refractivity contribution in [2.75, 3.05) is 20.3 Å². The molecule has 1 aromatic heterocycles. The first-order valence-corrected chi connectivity index (χ1v) is 9.66. The van der Waals surface area contributed by atoms with Crippen molar-refractivity contribution >= 4 is 22.8 Å². The molecule has 0 atom stereocenters. The molecular weight excluding hydrogens is 344 g/mol. The van der Waals surface area contributed by atoms with Gasteiger partial charge in [-0.15, -0.1) is 0 Å². The molecule has 3 rings (SSSR count). The molecule has 7 nitrogen and oxygen atoms in total. The molecule has 2 N–H and O–H groups in total. The van der Waals surface area contributed by atoms with E-state index >= 15 is 0 Å². The van der Waals surface area contributed by atoms with E-state index in [0.717, 1.165) is 36.1 Å². The lowest BCUT2D eigenvalue weighted by atomic mass is 10.2. The highest BCUT2D eigenvalue weighted by atomic mass is 16.5. The van der Waals surface area contributed by atoms with Crippen LogP contribution in [0.25, 0.3) is 11.0 Å². The largest absolute Gasteiger partial charge is 0.375 e. The van der Waals surface area contributed by atoms with E-state index in [1.165, 1.54) is 20.0 Å². The van der Waals surface area contributed by atoms with E-state index in [4.69, 9.17) is 9.72 Å². The number of methoxy groups -OCH3 is 1. The molecule has 2 aromatic rings. The third-order valence-electron chi connectivity index (χ3n) is 4.93. The first-order valence-electron chi connectivity index (χ1n) is 9.66. The average molecular weight is 372 g/mol. The second-order valence-corrected chi connectivity index (χ2v) is 7.04. The van der Waals surface area contributed by atoms with E-state index in [9.17, 15) is 9.59 Å². The van der Waals surface area contributed by atoms with Gasteiger partial charge in [0, 0.05) is 26.1 Å². The highest BCUT2D eigenvalue weighted by Gasteiger charge is 2.19. The molecule has 7 heteroatoms. The number of fused-ring (bicyclic) bond motifs is 1. The molecule has 27 heavy (non-hydrogen) atoms. The Morgan fingerprint density at radius 3 is 2.78 bits per heavy atom. The number of imidazole rings is 1. The van der Waals surface area contributed by atoms with Crippen molar-refractivity contribution in [3.63, 3.8) is 0 Å². The number of carbonyl (C=O) groups excluding carboxylic acids is 2. The van der Waals surface area contributed by atoms with Crippen LogP contribution in [-0.4, -0.2) is 47.7 Å². The summed E-state index contributed by atoms with van der Waals surface area (Å²) in [5.41, 5.74) is 1.86. The molecule has 2 amide bonds. The normalized spacial score (nSPS) is 14.6. The van der Waals surface area contributed by atoms with Crippen LogP contribution in [0, 0.1) is 0 Å². The Kier molecular flexibility index (Phi) is 6.81. The van der Waals surface area contributed by atoms with Crippen molar-refractivity contribution in [3.8, 4) is 0 Å². The summed E-state index contributed by atoms with van der Waals surface area (Å²) in [5, 5.41) is 5.96. The smallest absolute Gasteiger partial charge is 0.245 e. The van der Waals surface area contributed by atoms with E-state index in [1.54, 1.807) is 0 Å². The topological polar surface area (TPSA) is 85.2 Å². The Balaban J connectivity index is 1.64. The summed E-state index contributed by atoms with van der Waals surface area (Å²) in [5.74, 6) is 0.792. The van der Waals surface area contributed by atoms with Gasteiger partial charge in [0.05, 0.1) is 11.0 Å². The molecule has 0 unspecified atom stereocenters. The molecule has 0 saturated heterocycles. The van der Waals surface area contributed by atoms with Crippen LogP contribution >= 0.6 is 0 Å². The molecule has 1 heterocycles. The van der Waals surface area contributed by atoms with E-state index < -0.39 is 0 Å². The number of ether oxygens (including phenoxy) is 1. The van der Waals surface area contributed by atoms with Gasteiger partial charge in [-0.05, 0) is 31.4 Å². The first kappa shape index (κ1) is 19.4. The average Bonchev–Trinajstić information content (AvgIpc) is 3.27. The number of nitrogens with zero attached hydrogens (tertiary/aromatic N) is 2. The SMILES string of the molecule is COCC(=O)NCCCc1nc2ccccc2n1CC(=O)NC1CCCC1. The van der Waals surface area contributed by atoms with Crippen molar-refractivity contribution in [2.24, 2.45) is 0 Å². The quantitative estimate of drug-likeness (QED) is 0.657. The number of rotatable bonds is 9. The van der Waals surface area contributed by atoms with Gasteiger partial charge in [0.25, 0.3) is 0 Å². The predicted molar refractivity (Wildman–Crippen MR) is 103 cm³/mol. The lowest BCUT2D eigenvalue weighted by Gasteiger charge is -2.14. The second-order valence-electron chi connectivity index (χ2n) is 7.04. The van der Waals surface area contributed by atoms with Gasteiger partial charge < -0.3 is 19.9 Å². The van der Waals surface area contributed by atoms with Gasteiger partial charge in [0.1, 0.15) is 19.0 Å². The maximum atomic E-state index is 12.5. The maximum Gasteiger partial charge on any atom is 0.245 e. The monoisotopic (exact) mass is 372 g/mol. The highest BCUT2D eigenvalue weighted by molar-refractivity contribution is 5.81. The molecule has 1 saturated carbocycles. The maximum absolute atomic E-state index is 12.5. The zero-order valence-corrected chi connectivity index (χ0v) is 15.9. The van der Waals surface area contributed by atoms with Crippen LogP contribution in [0.5, 0.6) is 0 Å². The molecule has 146 valence electrons. The van der Waals surface area contributed by atoms with Gasteiger partial charge in [0.15, 0.2) is 0 Å². The summed E-state index contributed by atoms with van der Waals surface area (Å²) in [6.07, 6.45) is 5.98. The number of aryl methyl sites for hydroxylation is 1. The summed E-state index contributed by atoms with van der Waals surface area (Å²) in [6.45, 7) is 0.905. The standard InChI is InChI=1S/C20H28N4O3/c1-27-14-20(26)21-12-6-11-18-23-16-9-4-5-10-17(16)24(18)13-19(25)22-15-7-2-3-8-15/h4-5,9-10,15H,2-3,6-8,11-14H2,1H3,(H,21,26)(H,22,25). The summed E-state index contributed by atoms with van der Waals surface area (Å²) in [7, 11) is 1.50. The molecule has 1 fully saturated rings. The fourth-order valence-corrected chi connectivity index (χ4v) is 3.64. The molecule has 0 bridgehead atoms. The molecule has 1 aliphatic rings. The number of para-hydroxylation sites is 2. The van der Waals surface area contributed by atoms with Crippen LogP contribution in [-0.2, 0) is 27.3 Å². The lowest BCUT2D eigenvalue weighted by molar-refractivity contribution is -0.124. The van der Waals surface area contributed by atoms with Crippen molar-refractivity contribution in [2.45, 2.75) is 51.1 Å². The van der Waals surface area contributed by atoms with Crippen molar-refractivity contribution in [1.29, 1.82) is 0 Å². The number of carbonyl (C=O) groups is 2. The minimum atomic E-state index is -0.123. The van der Waals surface area contributed by atoms with Crippen molar-refractivity contribution in [3.05, 3.63) is 30.1 Å². The zero-order chi connectivity index (χ0) is 19.1. The van der Waals surface area contributed by atoms with Crippen LogP contribution in [0.15, 0.2) is 24.3 Å². The van der Waals surface area contributed by atoms with E-state index in [2.05, 4.69) is 10.6 Å². The minimum Gasteiger partial charge on any atom is -0.375 e. The van der Waals surface area contributed by atoms with Gasteiger partial charge in [-0.2, -0.15) is 0 Å². The van der Waals surface area contributed by atoms with Crippen LogP contribution in [0.1, 0.15) is 37.9 Å². The van der Waals surface area contributed by atoms with Crippen LogP contribution in [0.4, 0.5) is 0 Å². The third kappa shape index (κ3) is 5.29. The number of hydrogen-bond acceptors (Lipinski definition) is 4. The van der Waals surface area contributed by atoms with Crippen LogP contribution in [0.2, 0.25) is 0 Å². The van der Waals surface area contributed by atoms with Crippen LogP contribution < -0.4 is 10.6 Å². The fraction of sp³-hybridized carbons (Fsp3) is 0.550. The Morgan fingerprint density at radius 1 is 1.22 bits per heavy atom. The third-order valence-corrected chi connectivity index (χ3v) is 4.93. The van der Waals surface area contributed by atoms with Gasteiger partial charge >= 0.3 is 0 Å². The second kappa shape index (κ2) is 9.50. The number of aromatic nitrogens is 2. The summed E-state index contributed by atoms with van der Waals surface area (Å²) >= 11 is 0. The van der Waals surface area contributed by atoms with E-state index in [0.29, 0.717) is 19.0 Å². The van der Waals surface area contributed by atoms with Crippen molar-refractivity contribution in [1.82, 2.24) is 20.2 Å². The number of amides is 2. The number of hydrogen-bond donors (Lipinski definition) is 2. The first-order chi connectivity index (χ1) is 13.2. The lowest BCUT2D eigenvalue weighted by Crippen LogP contribution is -2.35. The van der Waals surface area contributed by atoms with Gasteiger partial charge in [-0.1, -0.05) is 25.0 Å². The molecule has 1 aromatic carbocycles. The molecule has 0 aliphatic heterocycles. The Morgan fingerprint density at radius 2 is 2.00 bits per heavy atom. The molecule has 0 radical (unpaired) electrons. The zero-order valence-electron chi connectivity index (χ0n) is 15.9. The molecular formula is C20H28N4O3. The van der Waals surface area contributed by atoms with Crippen LogP contribution in [0.3, 0.4) is 0 Å². The summed E-state index contributed by atoms with van der Waals surface area (Å²) < 4.78 is 6.80. The molecule has 1 aliphatic carbocycles. The van der Waals surface area contributed by atoms with Gasteiger partial charge in [0.2, 0.25) is 11.8 Å². The minimum absolute atomic E-state index is 0.0414. The number of nitrogens with one attached hydrogen (secondary N) is 2. The Hall–Kier alpha value is -2.41. The van der Waals surface area contributed by atoms with E-state index in [-0.39, 0.29) is 25.0 Å². The summed E-state index contributed by atoms with van der Waals surface area (Å²) in [4.78, 5) is 28.7. The number of benzene rings is 1. The Bertz CT molecular complexity index is 781. The van der Waals surface area contributed by atoms with E-state index in [1.807, 2.05) is 28.8 Å². The fourth-order valence-electron chi connectivity index (χ4n) is 3.64. The highest BCUT2D eigenvalue weighted by Crippen LogP contribution is 2.19. The van der Waals surface area contributed by atoms with Gasteiger partial charge in [-0.3, -0.25) is 9.59 Å². The van der Waals surface area contributed by atoms with Crippen molar-refractivity contribution < 1.29 is 14.3 Å². The molecule has 0 spiro atoms.